The number of carboxylic acid groups (broad SMARTS) is 1. The molecule has 0 aliphatic heterocycles. The van der Waals surface area contributed by atoms with Gasteiger partial charge in [-0.15, -0.1) is 0 Å². The third kappa shape index (κ3) is 3.01. The molecule has 0 aliphatic carbocycles. The van der Waals surface area contributed by atoms with Crippen molar-refractivity contribution >= 4 is 18.6 Å². The van der Waals surface area contributed by atoms with E-state index in [0.29, 0.717) is 5.92 Å². The second-order valence-electron chi connectivity index (χ2n) is 4.67. The lowest BCUT2D eigenvalue weighted by Crippen LogP contribution is -2.25. The lowest BCUT2D eigenvalue weighted by atomic mass is 9.96. The van der Waals surface area contributed by atoms with Crippen LogP contribution in [0.5, 0.6) is 0 Å². The van der Waals surface area contributed by atoms with E-state index >= 15 is 0 Å². The first-order valence-corrected chi connectivity index (χ1v) is 5.84. The van der Waals surface area contributed by atoms with Crippen molar-refractivity contribution in [3.05, 3.63) is 35.4 Å². The van der Waals surface area contributed by atoms with Crippen molar-refractivity contribution in [1.29, 1.82) is 0 Å². The minimum absolute atomic E-state index is 0.604. The minimum Gasteiger partial charge on any atom is -0.480 e. The number of rotatable bonds is 4. The van der Waals surface area contributed by atoms with Gasteiger partial charge >= 0.3 is 5.97 Å². The Kier molecular flexibility index (Phi) is 4.03. The Labute approximate surface area is 102 Å². The van der Waals surface area contributed by atoms with Crippen molar-refractivity contribution in [2.24, 2.45) is 5.92 Å². The maximum atomic E-state index is 11.0. The summed E-state index contributed by atoms with van der Waals surface area (Å²) in [7, 11) is 0. The van der Waals surface area contributed by atoms with Gasteiger partial charge in [0.25, 0.3) is 0 Å². The molecule has 2 nitrogen and oxygen atoms in total. The third-order valence-electron chi connectivity index (χ3n) is 2.58. The molecule has 1 rings (SSSR count). The van der Waals surface area contributed by atoms with E-state index in [9.17, 15) is 4.79 Å². The van der Waals surface area contributed by atoms with E-state index in [2.05, 4.69) is 26.5 Å². The number of thiol groups is 1. The second-order valence-corrected chi connectivity index (χ2v) is 5.57. The number of hydrogen-bond donors (Lipinski definition) is 2. The summed E-state index contributed by atoms with van der Waals surface area (Å²) in [5.74, 6) is -0.319. The monoisotopic (exact) mass is 238 g/mol. The highest BCUT2D eigenvalue weighted by Crippen LogP contribution is 2.28. The van der Waals surface area contributed by atoms with Crippen molar-refractivity contribution in [3.8, 4) is 0 Å². The molecular formula is C13H18O2S. The van der Waals surface area contributed by atoms with Crippen LogP contribution in [-0.4, -0.2) is 11.1 Å². The van der Waals surface area contributed by atoms with Crippen LogP contribution in [0.3, 0.4) is 0 Å². The number of benzene rings is 1. The summed E-state index contributed by atoms with van der Waals surface area (Å²) in [6.45, 7) is 5.91. The molecular weight excluding hydrogens is 220 g/mol. The Bertz CT molecular complexity index is 366. The number of carboxylic acids is 1. The van der Waals surface area contributed by atoms with Gasteiger partial charge in [-0.25, -0.2) is 0 Å². The van der Waals surface area contributed by atoms with Crippen LogP contribution in [0.15, 0.2) is 24.3 Å². The highest BCUT2D eigenvalue weighted by molar-refractivity contribution is 7.82. The molecule has 0 radical (unpaired) electrons. The van der Waals surface area contributed by atoms with E-state index < -0.39 is 10.7 Å². The van der Waals surface area contributed by atoms with Gasteiger partial charge in [0.2, 0.25) is 0 Å². The quantitative estimate of drug-likeness (QED) is 0.791. The predicted octanol–water partition coefficient (Wildman–Crippen LogP) is 3.11. The summed E-state index contributed by atoms with van der Waals surface area (Å²) in [6.07, 6.45) is 1.01. The molecule has 0 fully saturated rings. The van der Waals surface area contributed by atoms with Gasteiger partial charge in [-0.2, -0.15) is 12.6 Å². The maximum Gasteiger partial charge on any atom is 0.323 e. The summed E-state index contributed by atoms with van der Waals surface area (Å²) >= 11 is 4.18. The minimum atomic E-state index is -1.11. The fraction of sp³-hybridized carbons (Fsp3) is 0.462. The molecule has 0 heterocycles. The van der Waals surface area contributed by atoms with E-state index in [0.717, 1.165) is 12.0 Å². The Morgan fingerprint density at radius 2 is 1.88 bits per heavy atom. The second kappa shape index (κ2) is 4.91. The summed E-state index contributed by atoms with van der Waals surface area (Å²) < 4.78 is -1.11. The van der Waals surface area contributed by atoms with Crippen molar-refractivity contribution in [2.45, 2.75) is 31.9 Å². The standard InChI is InChI=1S/C13H18O2S/c1-9(2)8-10-4-6-11(7-5-10)13(3,16)12(14)15/h4-7,9,16H,8H2,1-3H3,(H,14,15). The predicted molar refractivity (Wildman–Crippen MR) is 69.0 cm³/mol. The average Bonchev–Trinajstić information content (AvgIpc) is 2.17. The van der Waals surface area contributed by atoms with Gasteiger partial charge in [-0.05, 0) is 30.4 Å². The van der Waals surface area contributed by atoms with Crippen molar-refractivity contribution in [3.63, 3.8) is 0 Å². The largest absolute Gasteiger partial charge is 0.480 e. The Balaban J connectivity index is 2.91. The average molecular weight is 238 g/mol. The summed E-state index contributed by atoms with van der Waals surface area (Å²) in [5, 5.41) is 9.03. The molecule has 0 saturated heterocycles. The molecule has 16 heavy (non-hydrogen) atoms. The van der Waals surface area contributed by atoms with Crippen LogP contribution >= 0.6 is 12.6 Å². The van der Waals surface area contributed by atoms with Gasteiger partial charge in [0.1, 0.15) is 4.75 Å². The highest BCUT2D eigenvalue weighted by Gasteiger charge is 2.30. The van der Waals surface area contributed by atoms with E-state index in [1.807, 2.05) is 24.3 Å². The lowest BCUT2D eigenvalue weighted by Gasteiger charge is -2.19. The maximum absolute atomic E-state index is 11.0. The highest BCUT2D eigenvalue weighted by atomic mass is 32.1. The van der Waals surface area contributed by atoms with Crippen LogP contribution in [0.25, 0.3) is 0 Å². The van der Waals surface area contributed by atoms with Crippen LogP contribution < -0.4 is 0 Å². The molecule has 1 atom stereocenters. The van der Waals surface area contributed by atoms with E-state index in [4.69, 9.17) is 5.11 Å². The normalized spacial score (nSPS) is 14.8. The van der Waals surface area contributed by atoms with Crippen molar-refractivity contribution in [1.82, 2.24) is 0 Å². The van der Waals surface area contributed by atoms with Gasteiger partial charge in [-0.1, -0.05) is 38.1 Å². The van der Waals surface area contributed by atoms with Crippen LogP contribution in [0.1, 0.15) is 31.9 Å². The van der Waals surface area contributed by atoms with Gasteiger partial charge in [-0.3, -0.25) is 4.79 Å². The summed E-state index contributed by atoms with van der Waals surface area (Å²) in [6, 6.07) is 7.65. The Hall–Kier alpha value is -0.960. The number of aliphatic carboxylic acids is 1. The zero-order valence-electron chi connectivity index (χ0n) is 9.90. The molecule has 0 saturated carbocycles. The molecule has 0 aromatic heterocycles. The smallest absolute Gasteiger partial charge is 0.323 e. The third-order valence-corrected chi connectivity index (χ3v) is 3.03. The summed E-state index contributed by atoms with van der Waals surface area (Å²) in [5.41, 5.74) is 1.95. The van der Waals surface area contributed by atoms with E-state index in [1.54, 1.807) is 6.92 Å². The van der Waals surface area contributed by atoms with Crippen LogP contribution in [0, 0.1) is 5.92 Å². The molecule has 88 valence electrons. The zero-order valence-corrected chi connectivity index (χ0v) is 10.8. The molecule has 0 spiro atoms. The van der Waals surface area contributed by atoms with E-state index in [-0.39, 0.29) is 0 Å². The first kappa shape index (κ1) is 13.1. The molecule has 1 aromatic rings. The Morgan fingerprint density at radius 3 is 2.25 bits per heavy atom. The lowest BCUT2D eigenvalue weighted by molar-refractivity contribution is -0.139. The molecule has 0 aliphatic rings. The molecule has 3 heteroatoms. The van der Waals surface area contributed by atoms with Crippen LogP contribution in [-0.2, 0) is 16.0 Å². The van der Waals surface area contributed by atoms with Gasteiger partial charge in [0.05, 0.1) is 0 Å². The first-order chi connectivity index (χ1) is 7.34. The molecule has 1 unspecified atom stereocenters. The Morgan fingerprint density at radius 1 is 1.38 bits per heavy atom. The van der Waals surface area contributed by atoms with Crippen LogP contribution in [0.4, 0.5) is 0 Å². The fourth-order valence-electron chi connectivity index (χ4n) is 1.56. The van der Waals surface area contributed by atoms with Gasteiger partial charge in [0, 0.05) is 0 Å². The number of carbonyl (C=O) groups is 1. The SMILES string of the molecule is CC(C)Cc1ccc(C(C)(S)C(=O)O)cc1. The van der Waals surface area contributed by atoms with Crippen LogP contribution in [0.2, 0.25) is 0 Å². The van der Waals surface area contributed by atoms with Gasteiger partial charge in [0.15, 0.2) is 0 Å². The van der Waals surface area contributed by atoms with E-state index in [1.165, 1.54) is 5.56 Å². The topological polar surface area (TPSA) is 37.3 Å². The molecule has 0 bridgehead atoms. The molecule has 0 amide bonds. The fourth-order valence-corrected chi connectivity index (χ4v) is 1.71. The van der Waals surface area contributed by atoms with Gasteiger partial charge < -0.3 is 5.11 Å². The molecule has 1 N–H and O–H groups in total. The zero-order chi connectivity index (χ0) is 12.3. The van der Waals surface area contributed by atoms with Crippen molar-refractivity contribution < 1.29 is 9.90 Å². The first-order valence-electron chi connectivity index (χ1n) is 5.39. The van der Waals surface area contributed by atoms with Crippen molar-refractivity contribution in [2.75, 3.05) is 0 Å². The number of hydrogen-bond acceptors (Lipinski definition) is 2. The molecule has 1 aromatic carbocycles. The summed E-state index contributed by atoms with van der Waals surface area (Å²) in [4.78, 5) is 11.0.